The molecule has 0 saturated carbocycles. The molecule has 2 rings (SSSR count). The number of nitrogens with zero attached hydrogens (tertiary/aromatic N) is 1. The highest BCUT2D eigenvalue weighted by Gasteiger charge is 2.33. The number of benzene rings is 1. The normalized spacial score (nSPS) is 14.4. The van der Waals surface area contributed by atoms with Crippen molar-refractivity contribution in [3.8, 4) is 0 Å². The lowest BCUT2D eigenvalue weighted by molar-refractivity contribution is -0.172. The molecule has 0 aliphatic carbocycles. The molecule has 0 N–H and O–H groups in total. The van der Waals surface area contributed by atoms with Crippen LogP contribution >= 0.6 is 15.9 Å². The molecule has 1 aromatic carbocycles. The summed E-state index contributed by atoms with van der Waals surface area (Å²) in [6, 6.07) is 6.24. The minimum atomic E-state index is -0.781. The highest BCUT2D eigenvalue weighted by molar-refractivity contribution is 9.09. The Morgan fingerprint density at radius 3 is 2.19 bits per heavy atom. The summed E-state index contributed by atoms with van der Waals surface area (Å²) in [5.41, 5.74) is 0.974. The largest absolute Gasteiger partial charge is 0.363 e. The number of hydrogen-bond donors (Lipinski definition) is 0. The van der Waals surface area contributed by atoms with Crippen LogP contribution in [0.15, 0.2) is 24.3 Å². The summed E-state index contributed by atoms with van der Waals surface area (Å²) in [6.45, 7) is 0. The van der Waals surface area contributed by atoms with Gasteiger partial charge in [-0.15, -0.1) is 5.06 Å². The number of ketones is 1. The van der Waals surface area contributed by atoms with E-state index in [1.54, 1.807) is 12.1 Å². The number of imide groups is 1. The van der Waals surface area contributed by atoms with E-state index in [0.29, 0.717) is 5.06 Å². The van der Waals surface area contributed by atoms with Crippen LogP contribution in [0.2, 0.25) is 0 Å². The van der Waals surface area contributed by atoms with Crippen molar-refractivity contribution in [2.75, 3.05) is 5.33 Å². The van der Waals surface area contributed by atoms with Gasteiger partial charge in [-0.25, -0.2) is 4.79 Å². The van der Waals surface area contributed by atoms with Crippen LogP contribution in [-0.4, -0.2) is 34.0 Å². The number of halogens is 1. The van der Waals surface area contributed by atoms with Crippen LogP contribution in [0, 0.1) is 0 Å². The molecule has 1 aliphatic rings. The highest BCUT2D eigenvalue weighted by atomic mass is 79.9. The van der Waals surface area contributed by atoms with Crippen molar-refractivity contribution in [3.05, 3.63) is 35.4 Å². The topological polar surface area (TPSA) is 80.8 Å². The second kappa shape index (κ2) is 6.62. The number of hydroxylamine groups is 2. The van der Waals surface area contributed by atoms with E-state index >= 15 is 0 Å². The Bertz CT molecular complexity index is 580. The summed E-state index contributed by atoms with van der Waals surface area (Å²) >= 11 is 3.08. The Morgan fingerprint density at radius 2 is 1.67 bits per heavy atom. The summed E-state index contributed by atoms with van der Waals surface area (Å²) in [6.07, 6.45) is 0.378. The van der Waals surface area contributed by atoms with Crippen molar-refractivity contribution in [1.29, 1.82) is 0 Å². The van der Waals surface area contributed by atoms with Crippen LogP contribution in [0.3, 0.4) is 0 Å². The molecule has 110 valence electrons. The van der Waals surface area contributed by atoms with E-state index in [1.807, 2.05) is 0 Å². The van der Waals surface area contributed by atoms with Crippen LogP contribution in [0.5, 0.6) is 0 Å². The average Bonchev–Trinajstić information content (AvgIpc) is 2.79. The molecule has 0 radical (unpaired) electrons. The Morgan fingerprint density at radius 1 is 1.10 bits per heavy atom. The van der Waals surface area contributed by atoms with Crippen molar-refractivity contribution in [3.63, 3.8) is 0 Å². The molecule has 2 amide bonds. The standard InChI is InChI=1S/C14H12BrNO5/c15-8-11(17)7-9-1-3-10(4-2-9)14(20)21-16-12(18)5-6-13(16)19/h1-4H,5-8H2. The number of carbonyl (C=O) groups excluding carboxylic acids is 4. The molecule has 1 heterocycles. The predicted octanol–water partition coefficient (Wildman–Crippen LogP) is 1.41. The number of amides is 2. The van der Waals surface area contributed by atoms with E-state index < -0.39 is 17.8 Å². The van der Waals surface area contributed by atoms with Gasteiger partial charge < -0.3 is 4.84 Å². The zero-order valence-electron chi connectivity index (χ0n) is 11.0. The van der Waals surface area contributed by atoms with Gasteiger partial charge in [0.05, 0.1) is 10.9 Å². The third kappa shape index (κ3) is 3.75. The molecule has 0 unspecified atom stereocenters. The van der Waals surface area contributed by atoms with Gasteiger partial charge in [0.25, 0.3) is 11.8 Å². The van der Waals surface area contributed by atoms with Gasteiger partial charge in [0.2, 0.25) is 0 Å². The van der Waals surface area contributed by atoms with Crippen LogP contribution in [0.4, 0.5) is 0 Å². The van der Waals surface area contributed by atoms with Crippen LogP contribution in [-0.2, 0) is 25.6 Å². The molecule has 1 saturated heterocycles. The molecule has 6 nitrogen and oxygen atoms in total. The highest BCUT2D eigenvalue weighted by Crippen LogP contribution is 2.15. The first-order valence-electron chi connectivity index (χ1n) is 6.26. The minimum absolute atomic E-state index is 0.0265. The Hall–Kier alpha value is -2.02. The lowest BCUT2D eigenvalue weighted by atomic mass is 10.1. The number of Topliss-reactive ketones (excluding diaryl/α,β-unsaturated/α-hetero) is 1. The van der Waals surface area contributed by atoms with E-state index in [9.17, 15) is 19.2 Å². The van der Waals surface area contributed by atoms with E-state index in [1.165, 1.54) is 12.1 Å². The van der Waals surface area contributed by atoms with Crippen LogP contribution in [0.25, 0.3) is 0 Å². The van der Waals surface area contributed by atoms with Crippen molar-refractivity contribution in [2.45, 2.75) is 19.3 Å². The Balaban J connectivity index is 2.01. The lowest BCUT2D eigenvalue weighted by Crippen LogP contribution is -2.32. The zero-order chi connectivity index (χ0) is 15.4. The molecule has 7 heteroatoms. The third-order valence-corrected chi connectivity index (χ3v) is 3.55. The van der Waals surface area contributed by atoms with Gasteiger partial charge in [-0.2, -0.15) is 0 Å². The number of carbonyl (C=O) groups is 4. The maximum atomic E-state index is 11.8. The van der Waals surface area contributed by atoms with Gasteiger partial charge in [0.15, 0.2) is 0 Å². The Kier molecular flexibility index (Phi) is 4.85. The molecule has 1 aromatic rings. The van der Waals surface area contributed by atoms with E-state index in [0.717, 1.165) is 5.56 Å². The minimum Gasteiger partial charge on any atom is -0.325 e. The van der Waals surface area contributed by atoms with Crippen LogP contribution < -0.4 is 0 Å². The summed E-state index contributed by atoms with van der Waals surface area (Å²) in [5.74, 6) is -1.80. The third-order valence-electron chi connectivity index (χ3n) is 2.92. The lowest BCUT2D eigenvalue weighted by Gasteiger charge is -2.12. The number of hydrogen-bond acceptors (Lipinski definition) is 5. The number of rotatable bonds is 5. The molecule has 0 aromatic heterocycles. The second-order valence-electron chi connectivity index (χ2n) is 4.51. The molecule has 21 heavy (non-hydrogen) atoms. The molecule has 1 aliphatic heterocycles. The van der Waals surface area contributed by atoms with Crippen molar-refractivity contribution in [2.24, 2.45) is 0 Å². The first-order chi connectivity index (χ1) is 10.0. The SMILES string of the molecule is O=C(CBr)Cc1ccc(C(=O)ON2C(=O)CCC2=O)cc1. The van der Waals surface area contributed by atoms with E-state index in [4.69, 9.17) is 4.84 Å². The maximum Gasteiger partial charge on any atom is 0.363 e. The molecule has 0 atom stereocenters. The first kappa shape index (κ1) is 15.4. The van der Waals surface area contributed by atoms with E-state index in [-0.39, 0.29) is 35.9 Å². The molecular weight excluding hydrogens is 342 g/mol. The van der Waals surface area contributed by atoms with Crippen molar-refractivity contribution in [1.82, 2.24) is 5.06 Å². The summed E-state index contributed by atoms with van der Waals surface area (Å²) in [7, 11) is 0. The van der Waals surface area contributed by atoms with Crippen molar-refractivity contribution >= 4 is 39.5 Å². The molecule has 0 bridgehead atoms. The monoisotopic (exact) mass is 353 g/mol. The number of alkyl halides is 1. The van der Waals surface area contributed by atoms with E-state index in [2.05, 4.69) is 15.9 Å². The fourth-order valence-corrected chi connectivity index (χ4v) is 2.03. The molecular formula is C14H12BrNO5. The predicted molar refractivity (Wildman–Crippen MR) is 75.4 cm³/mol. The smallest absolute Gasteiger partial charge is 0.325 e. The van der Waals surface area contributed by atoms with Gasteiger partial charge >= 0.3 is 5.97 Å². The van der Waals surface area contributed by atoms with Gasteiger partial charge in [0, 0.05) is 19.3 Å². The van der Waals surface area contributed by atoms with Gasteiger partial charge in [-0.05, 0) is 17.7 Å². The fraction of sp³-hybridized carbons (Fsp3) is 0.286. The van der Waals surface area contributed by atoms with Gasteiger partial charge in [-0.1, -0.05) is 28.1 Å². The summed E-state index contributed by atoms with van der Waals surface area (Å²) < 4.78 is 0. The van der Waals surface area contributed by atoms with Gasteiger partial charge in [-0.3, -0.25) is 14.4 Å². The fourth-order valence-electron chi connectivity index (χ4n) is 1.83. The summed E-state index contributed by atoms with van der Waals surface area (Å²) in [5, 5.41) is 0.778. The maximum absolute atomic E-state index is 11.8. The quantitative estimate of drug-likeness (QED) is 0.590. The Labute approximate surface area is 129 Å². The molecule has 0 spiro atoms. The average molecular weight is 354 g/mol. The van der Waals surface area contributed by atoms with Crippen LogP contribution in [0.1, 0.15) is 28.8 Å². The van der Waals surface area contributed by atoms with Crippen molar-refractivity contribution < 1.29 is 24.0 Å². The first-order valence-corrected chi connectivity index (χ1v) is 7.38. The second-order valence-corrected chi connectivity index (χ2v) is 5.07. The zero-order valence-corrected chi connectivity index (χ0v) is 12.6. The molecule has 1 fully saturated rings. The van der Waals surface area contributed by atoms with Gasteiger partial charge in [0.1, 0.15) is 5.78 Å². The summed E-state index contributed by atoms with van der Waals surface area (Å²) in [4.78, 5) is 50.6.